The van der Waals surface area contributed by atoms with Crippen LogP contribution in [-0.2, 0) is 10.0 Å². The van der Waals surface area contributed by atoms with E-state index in [-0.39, 0.29) is 5.75 Å². The molecule has 1 saturated carbocycles. The zero-order valence-corrected chi connectivity index (χ0v) is 15.1. The Morgan fingerprint density at radius 2 is 1.95 bits per heavy atom. The number of nitrogens with one attached hydrogen (secondary N) is 1. The molecular weight excluding hydrogens is 441 g/mol. The minimum atomic E-state index is -3.25. The van der Waals surface area contributed by atoms with Gasteiger partial charge in [-0.2, -0.15) is 0 Å². The molecule has 1 aliphatic carbocycles. The van der Waals surface area contributed by atoms with Crippen LogP contribution in [0.4, 0.5) is 5.69 Å². The topological polar surface area (TPSA) is 46.2 Å². The zero-order chi connectivity index (χ0) is 13.9. The SMILES string of the molecule is O=S(=O)(CC1CCCCC1)Nc1cc(Br)ccc1I. The van der Waals surface area contributed by atoms with E-state index in [1.807, 2.05) is 12.1 Å². The van der Waals surface area contributed by atoms with Gasteiger partial charge in [0.2, 0.25) is 10.0 Å². The molecular formula is C13H17BrINO2S. The third-order valence-electron chi connectivity index (χ3n) is 3.37. The molecule has 1 aromatic carbocycles. The van der Waals surface area contributed by atoms with E-state index in [2.05, 4.69) is 43.2 Å². The van der Waals surface area contributed by atoms with Crippen LogP contribution in [-0.4, -0.2) is 14.2 Å². The van der Waals surface area contributed by atoms with Crippen molar-refractivity contribution in [1.29, 1.82) is 0 Å². The standard InChI is InChI=1S/C13H17BrINO2S/c14-11-6-7-12(15)13(8-11)16-19(17,18)9-10-4-2-1-3-5-10/h6-8,10,16H,1-5,9H2. The summed E-state index contributed by atoms with van der Waals surface area (Å²) < 4.78 is 28.9. The van der Waals surface area contributed by atoms with E-state index in [0.29, 0.717) is 11.6 Å². The van der Waals surface area contributed by atoms with Gasteiger partial charge in [0.05, 0.1) is 11.4 Å². The van der Waals surface area contributed by atoms with Gasteiger partial charge in [-0.15, -0.1) is 0 Å². The third-order valence-corrected chi connectivity index (χ3v) is 6.25. The van der Waals surface area contributed by atoms with Gasteiger partial charge in [-0.05, 0) is 59.5 Å². The van der Waals surface area contributed by atoms with Crippen molar-refractivity contribution in [1.82, 2.24) is 0 Å². The summed E-state index contributed by atoms with van der Waals surface area (Å²) in [7, 11) is -3.25. The van der Waals surface area contributed by atoms with Gasteiger partial charge in [0.15, 0.2) is 0 Å². The van der Waals surface area contributed by atoms with Gasteiger partial charge in [0.25, 0.3) is 0 Å². The summed E-state index contributed by atoms with van der Waals surface area (Å²) >= 11 is 5.50. The normalized spacial score (nSPS) is 17.4. The van der Waals surface area contributed by atoms with Gasteiger partial charge in [0, 0.05) is 8.04 Å². The van der Waals surface area contributed by atoms with E-state index in [9.17, 15) is 8.42 Å². The third kappa shape index (κ3) is 4.90. The molecule has 0 radical (unpaired) electrons. The van der Waals surface area contributed by atoms with Crippen LogP contribution in [0.3, 0.4) is 0 Å². The zero-order valence-electron chi connectivity index (χ0n) is 10.5. The highest BCUT2D eigenvalue weighted by molar-refractivity contribution is 14.1. The first-order valence-corrected chi connectivity index (χ1v) is 9.94. The van der Waals surface area contributed by atoms with Gasteiger partial charge in [0.1, 0.15) is 0 Å². The lowest BCUT2D eigenvalue weighted by Gasteiger charge is -2.21. The largest absolute Gasteiger partial charge is 0.282 e. The smallest absolute Gasteiger partial charge is 0.233 e. The molecule has 19 heavy (non-hydrogen) atoms. The van der Waals surface area contributed by atoms with E-state index in [1.165, 1.54) is 6.42 Å². The average Bonchev–Trinajstić information content (AvgIpc) is 2.34. The maximum atomic E-state index is 12.2. The lowest BCUT2D eigenvalue weighted by molar-refractivity contribution is 0.385. The Hall–Kier alpha value is 0.180. The van der Waals surface area contributed by atoms with Crippen LogP contribution in [0.15, 0.2) is 22.7 Å². The predicted octanol–water partition coefficient (Wildman–Crippen LogP) is 4.38. The highest BCUT2D eigenvalue weighted by Crippen LogP contribution is 2.27. The molecule has 1 N–H and O–H groups in total. The molecule has 1 aliphatic rings. The second kappa shape index (κ2) is 6.76. The molecule has 3 nitrogen and oxygen atoms in total. The van der Waals surface area contributed by atoms with Crippen LogP contribution in [0, 0.1) is 9.49 Å². The maximum absolute atomic E-state index is 12.2. The van der Waals surface area contributed by atoms with Gasteiger partial charge >= 0.3 is 0 Å². The summed E-state index contributed by atoms with van der Waals surface area (Å²) in [5.41, 5.74) is 0.658. The molecule has 106 valence electrons. The highest BCUT2D eigenvalue weighted by Gasteiger charge is 2.21. The second-order valence-electron chi connectivity index (χ2n) is 5.01. The van der Waals surface area contributed by atoms with Crippen molar-refractivity contribution in [2.75, 3.05) is 10.5 Å². The quantitative estimate of drug-likeness (QED) is 0.682. The molecule has 0 aromatic heterocycles. The van der Waals surface area contributed by atoms with Crippen LogP contribution in [0.25, 0.3) is 0 Å². The Balaban J connectivity index is 2.05. The van der Waals surface area contributed by atoms with E-state index in [0.717, 1.165) is 33.7 Å². The van der Waals surface area contributed by atoms with Crippen molar-refractivity contribution < 1.29 is 8.42 Å². The molecule has 0 spiro atoms. The molecule has 0 atom stereocenters. The minimum absolute atomic E-state index is 0.246. The first kappa shape index (κ1) is 15.6. The summed E-state index contributed by atoms with van der Waals surface area (Å²) in [4.78, 5) is 0. The van der Waals surface area contributed by atoms with Gasteiger partial charge < -0.3 is 0 Å². The van der Waals surface area contributed by atoms with E-state index in [1.54, 1.807) is 6.07 Å². The van der Waals surface area contributed by atoms with Crippen LogP contribution in [0.1, 0.15) is 32.1 Å². The second-order valence-corrected chi connectivity index (χ2v) is 8.86. The molecule has 2 rings (SSSR count). The first-order valence-electron chi connectivity index (χ1n) is 6.42. The van der Waals surface area contributed by atoms with E-state index < -0.39 is 10.0 Å². The average molecular weight is 458 g/mol. The number of benzene rings is 1. The summed E-state index contributed by atoms with van der Waals surface area (Å²) in [6, 6.07) is 5.60. The molecule has 1 fully saturated rings. The van der Waals surface area contributed by atoms with Crippen LogP contribution in [0.2, 0.25) is 0 Å². The fraction of sp³-hybridized carbons (Fsp3) is 0.538. The molecule has 0 heterocycles. The molecule has 0 saturated heterocycles. The Morgan fingerprint density at radius 1 is 1.26 bits per heavy atom. The highest BCUT2D eigenvalue weighted by atomic mass is 127. The summed E-state index contributed by atoms with van der Waals surface area (Å²) in [5.74, 6) is 0.561. The number of hydrogen-bond acceptors (Lipinski definition) is 2. The van der Waals surface area contributed by atoms with E-state index in [4.69, 9.17) is 0 Å². The lowest BCUT2D eigenvalue weighted by atomic mass is 9.91. The first-order chi connectivity index (χ1) is 8.96. The monoisotopic (exact) mass is 457 g/mol. The van der Waals surface area contributed by atoms with Crippen LogP contribution < -0.4 is 4.72 Å². The Kier molecular flexibility index (Phi) is 5.54. The Morgan fingerprint density at radius 3 is 2.63 bits per heavy atom. The summed E-state index contributed by atoms with van der Waals surface area (Å²) in [6.45, 7) is 0. The minimum Gasteiger partial charge on any atom is -0.282 e. The van der Waals surface area contributed by atoms with Crippen molar-refractivity contribution in [2.24, 2.45) is 5.92 Å². The summed E-state index contributed by atoms with van der Waals surface area (Å²) in [5, 5.41) is 0. The molecule has 0 bridgehead atoms. The van der Waals surface area contributed by atoms with Crippen LogP contribution >= 0.6 is 38.5 Å². The Bertz CT molecular complexity index is 542. The fourth-order valence-corrected chi connectivity index (χ4v) is 5.00. The number of halogens is 2. The molecule has 1 aromatic rings. The number of anilines is 1. The molecule has 0 unspecified atom stereocenters. The Labute approximate surface area is 136 Å². The molecule has 6 heteroatoms. The van der Waals surface area contributed by atoms with Gasteiger partial charge in [-0.3, -0.25) is 4.72 Å². The van der Waals surface area contributed by atoms with Crippen molar-refractivity contribution in [3.8, 4) is 0 Å². The van der Waals surface area contributed by atoms with Gasteiger partial charge in [-0.25, -0.2) is 8.42 Å². The molecule has 0 aliphatic heterocycles. The number of rotatable bonds is 4. The molecule has 0 amide bonds. The van der Waals surface area contributed by atoms with Crippen LogP contribution in [0.5, 0.6) is 0 Å². The fourth-order valence-electron chi connectivity index (χ4n) is 2.45. The van der Waals surface area contributed by atoms with Crippen molar-refractivity contribution in [2.45, 2.75) is 32.1 Å². The predicted molar refractivity (Wildman–Crippen MR) is 90.8 cm³/mol. The van der Waals surface area contributed by atoms with Crippen molar-refractivity contribution in [3.05, 3.63) is 26.2 Å². The lowest BCUT2D eigenvalue weighted by Crippen LogP contribution is -2.24. The van der Waals surface area contributed by atoms with Crippen molar-refractivity contribution in [3.63, 3.8) is 0 Å². The van der Waals surface area contributed by atoms with Gasteiger partial charge in [-0.1, -0.05) is 35.2 Å². The number of sulfonamides is 1. The van der Waals surface area contributed by atoms with E-state index >= 15 is 0 Å². The van der Waals surface area contributed by atoms with Crippen molar-refractivity contribution >= 4 is 54.2 Å². The maximum Gasteiger partial charge on any atom is 0.233 e. The summed E-state index contributed by atoms with van der Waals surface area (Å²) in [6.07, 6.45) is 5.64. The number of hydrogen-bond donors (Lipinski definition) is 1.